The van der Waals surface area contributed by atoms with Crippen LogP contribution in [0, 0.1) is 0 Å². The molecule has 3 aromatic heterocycles. The predicted octanol–water partition coefficient (Wildman–Crippen LogP) is 3.89. The van der Waals surface area contributed by atoms with Crippen molar-refractivity contribution in [1.29, 1.82) is 0 Å². The van der Waals surface area contributed by atoms with Crippen molar-refractivity contribution < 1.29 is 4.79 Å². The van der Waals surface area contributed by atoms with Crippen molar-refractivity contribution >= 4 is 33.2 Å². The summed E-state index contributed by atoms with van der Waals surface area (Å²) < 4.78 is 2.11. The molecule has 7 nitrogen and oxygen atoms in total. The molecule has 5 heterocycles. The average molecular weight is 435 g/mol. The third-order valence-corrected chi connectivity index (χ3v) is 7.47. The SMILES string of the molecule is O=C(c1nc2sccn2c1CN1CCC(c2nc3ccccc3[nH]2)CC1)N1CCCC1. The Morgan fingerprint density at radius 3 is 2.71 bits per heavy atom. The molecule has 2 saturated heterocycles. The average Bonchev–Trinajstić information content (AvgIpc) is 3.58. The number of para-hydroxylation sites is 2. The van der Waals surface area contributed by atoms with Crippen LogP contribution in [0.3, 0.4) is 0 Å². The maximum atomic E-state index is 13.1. The molecule has 0 bridgehead atoms. The van der Waals surface area contributed by atoms with Crippen LogP contribution < -0.4 is 0 Å². The molecule has 1 aromatic carbocycles. The number of fused-ring (bicyclic) bond motifs is 2. The molecule has 4 aromatic rings. The fourth-order valence-electron chi connectivity index (χ4n) is 4.97. The van der Waals surface area contributed by atoms with Gasteiger partial charge >= 0.3 is 0 Å². The minimum atomic E-state index is 0.0977. The van der Waals surface area contributed by atoms with Crippen LogP contribution in [0.15, 0.2) is 35.8 Å². The number of H-pyrrole nitrogens is 1. The van der Waals surface area contributed by atoms with Gasteiger partial charge in [0.2, 0.25) is 0 Å². The summed E-state index contributed by atoms with van der Waals surface area (Å²) in [6.45, 7) is 4.46. The molecule has 0 atom stereocenters. The number of hydrogen-bond donors (Lipinski definition) is 1. The van der Waals surface area contributed by atoms with Crippen molar-refractivity contribution in [3.63, 3.8) is 0 Å². The van der Waals surface area contributed by atoms with E-state index < -0.39 is 0 Å². The van der Waals surface area contributed by atoms with Crippen LogP contribution in [-0.2, 0) is 6.54 Å². The van der Waals surface area contributed by atoms with E-state index in [4.69, 9.17) is 9.97 Å². The number of carbonyl (C=O) groups excluding carboxylic acids is 1. The highest BCUT2D eigenvalue weighted by Gasteiger charge is 2.29. The van der Waals surface area contributed by atoms with Crippen molar-refractivity contribution in [3.05, 3.63) is 53.1 Å². The molecule has 6 rings (SSSR count). The number of carbonyl (C=O) groups is 1. The molecular weight excluding hydrogens is 408 g/mol. The zero-order chi connectivity index (χ0) is 20.8. The number of aromatic nitrogens is 4. The zero-order valence-corrected chi connectivity index (χ0v) is 18.3. The fraction of sp³-hybridized carbons (Fsp3) is 0.435. The van der Waals surface area contributed by atoms with Crippen molar-refractivity contribution in [2.45, 2.75) is 38.1 Å². The lowest BCUT2D eigenvalue weighted by molar-refractivity contribution is 0.0784. The lowest BCUT2D eigenvalue weighted by Crippen LogP contribution is -2.34. The molecule has 160 valence electrons. The van der Waals surface area contributed by atoms with Crippen LogP contribution in [0.4, 0.5) is 0 Å². The lowest BCUT2D eigenvalue weighted by Gasteiger charge is -2.31. The Hall–Kier alpha value is -2.71. The van der Waals surface area contributed by atoms with E-state index in [0.717, 1.165) is 85.9 Å². The molecule has 2 aliphatic rings. The van der Waals surface area contributed by atoms with Gasteiger partial charge < -0.3 is 9.88 Å². The summed E-state index contributed by atoms with van der Waals surface area (Å²) in [4.78, 5) is 31.5. The molecular formula is C23H26N6OS. The molecule has 0 unspecified atom stereocenters. The largest absolute Gasteiger partial charge is 0.342 e. The minimum absolute atomic E-state index is 0.0977. The van der Waals surface area contributed by atoms with Crippen LogP contribution in [0.25, 0.3) is 16.0 Å². The standard InChI is InChI=1S/C23H26N6OS/c30-22(28-9-3-4-10-28)20-19(29-13-14-31-23(29)26-20)15-27-11-7-16(8-12-27)21-24-17-5-1-2-6-18(17)25-21/h1-2,5-6,13-14,16H,3-4,7-12,15H2,(H,24,25). The van der Waals surface area contributed by atoms with Crippen LogP contribution >= 0.6 is 11.3 Å². The second kappa shape index (κ2) is 7.76. The number of piperidine rings is 1. The molecule has 0 radical (unpaired) electrons. The van der Waals surface area contributed by atoms with Crippen molar-refractivity contribution in [2.75, 3.05) is 26.2 Å². The molecule has 1 N–H and O–H groups in total. The van der Waals surface area contributed by atoms with Gasteiger partial charge in [0.1, 0.15) is 5.82 Å². The molecule has 2 fully saturated rings. The first-order chi connectivity index (χ1) is 15.3. The number of thiazole rings is 1. The summed E-state index contributed by atoms with van der Waals surface area (Å²) >= 11 is 1.59. The van der Waals surface area contributed by atoms with Crippen LogP contribution in [0.2, 0.25) is 0 Å². The van der Waals surface area contributed by atoms with E-state index in [0.29, 0.717) is 11.6 Å². The number of aromatic amines is 1. The Morgan fingerprint density at radius 2 is 1.90 bits per heavy atom. The molecule has 1 amide bonds. The Bertz CT molecular complexity index is 1190. The number of likely N-dealkylation sites (tertiary alicyclic amines) is 2. The van der Waals surface area contributed by atoms with Crippen LogP contribution in [0.5, 0.6) is 0 Å². The first-order valence-corrected chi connectivity index (χ1v) is 12.0. The Labute approximate surface area is 184 Å². The van der Waals surface area contributed by atoms with E-state index >= 15 is 0 Å². The second-order valence-electron chi connectivity index (χ2n) is 8.65. The number of nitrogens with zero attached hydrogens (tertiary/aromatic N) is 5. The van der Waals surface area contributed by atoms with Gasteiger partial charge in [0.15, 0.2) is 10.7 Å². The summed E-state index contributed by atoms with van der Waals surface area (Å²) in [5.41, 5.74) is 3.84. The van der Waals surface area contributed by atoms with Crippen molar-refractivity contribution in [1.82, 2.24) is 29.2 Å². The molecule has 0 spiro atoms. The highest BCUT2D eigenvalue weighted by Crippen LogP contribution is 2.29. The van der Waals surface area contributed by atoms with Gasteiger partial charge in [0, 0.05) is 37.1 Å². The van der Waals surface area contributed by atoms with Crippen molar-refractivity contribution in [3.8, 4) is 0 Å². The number of benzene rings is 1. The predicted molar refractivity (Wildman–Crippen MR) is 122 cm³/mol. The summed E-state index contributed by atoms with van der Waals surface area (Å²) in [5.74, 6) is 1.66. The monoisotopic (exact) mass is 434 g/mol. The summed E-state index contributed by atoms with van der Waals surface area (Å²) in [5, 5.41) is 2.05. The fourth-order valence-corrected chi connectivity index (χ4v) is 5.70. The van der Waals surface area contributed by atoms with Gasteiger partial charge in [-0.25, -0.2) is 9.97 Å². The van der Waals surface area contributed by atoms with Gasteiger partial charge in [-0.3, -0.25) is 14.1 Å². The molecule has 8 heteroatoms. The number of amides is 1. The van der Waals surface area contributed by atoms with Gasteiger partial charge in [-0.15, -0.1) is 11.3 Å². The number of nitrogens with one attached hydrogen (secondary N) is 1. The van der Waals surface area contributed by atoms with Gasteiger partial charge in [0.25, 0.3) is 5.91 Å². The van der Waals surface area contributed by atoms with E-state index in [9.17, 15) is 4.79 Å². The van der Waals surface area contributed by atoms with Gasteiger partial charge in [-0.05, 0) is 50.9 Å². The maximum Gasteiger partial charge on any atom is 0.274 e. The number of imidazole rings is 2. The number of hydrogen-bond acceptors (Lipinski definition) is 5. The lowest BCUT2D eigenvalue weighted by atomic mass is 9.96. The Kier molecular flexibility index (Phi) is 4.76. The highest BCUT2D eigenvalue weighted by atomic mass is 32.1. The highest BCUT2D eigenvalue weighted by molar-refractivity contribution is 7.15. The first-order valence-electron chi connectivity index (χ1n) is 11.2. The summed E-state index contributed by atoms with van der Waals surface area (Å²) in [6, 6.07) is 8.23. The zero-order valence-electron chi connectivity index (χ0n) is 17.5. The van der Waals surface area contributed by atoms with E-state index in [-0.39, 0.29) is 5.91 Å². The van der Waals surface area contributed by atoms with Crippen LogP contribution in [-0.4, -0.2) is 61.2 Å². The molecule has 0 aliphatic carbocycles. The van der Waals surface area contributed by atoms with Crippen molar-refractivity contribution in [2.24, 2.45) is 0 Å². The summed E-state index contributed by atoms with van der Waals surface area (Å²) in [6.07, 6.45) is 6.38. The third kappa shape index (κ3) is 3.43. The number of rotatable bonds is 4. The van der Waals surface area contributed by atoms with Crippen LogP contribution in [0.1, 0.15) is 53.6 Å². The molecule has 31 heavy (non-hydrogen) atoms. The third-order valence-electron chi connectivity index (χ3n) is 6.71. The van der Waals surface area contributed by atoms with E-state index in [1.165, 1.54) is 0 Å². The summed E-state index contributed by atoms with van der Waals surface area (Å²) in [7, 11) is 0. The Morgan fingerprint density at radius 1 is 1.10 bits per heavy atom. The normalized spacial score (nSPS) is 18.5. The van der Waals surface area contributed by atoms with Gasteiger partial charge in [-0.2, -0.15) is 0 Å². The van der Waals surface area contributed by atoms with Gasteiger partial charge in [-0.1, -0.05) is 12.1 Å². The first kappa shape index (κ1) is 19.0. The van der Waals surface area contributed by atoms with E-state index in [2.05, 4.69) is 26.4 Å². The Balaban J connectivity index is 1.19. The smallest absolute Gasteiger partial charge is 0.274 e. The van der Waals surface area contributed by atoms with E-state index in [1.807, 2.05) is 28.6 Å². The maximum absolute atomic E-state index is 13.1. The van der Waals surface area contributed by atoms with Gasteiger partial charge in [0.05, 0.1) is 16.7 Å². The topological polar surface area (TPSA) is 69.5 Å². The quantitative estimate of drug-likeness (QED) is 0.529. The minimum Gasteiger partial charge on any atom is -0.342 e. The van der Waals surface area contributed by atoms with E-state index in [1.54, 1.807) is 11.3 Å². The molecule has 0 saturated carbocycles. The molecule has 2 aliphatic heterocycles. The second-order valence-corrected chi connectivity index (χ2v) is 9.52.